The molecule has 11 nitrogen and oxygen atoms in total. The fourth-order valence-electron chi connectivity index (χ4n) is 4.51. The first-order valence-electron chi connectivity index (χ1n) is 12.9. The second kappa shape index (κ2) is 11.6. The smallest absolute Gasteiger partial charge is 0.323 e. The molecule has 1 aliphatic heterocycles. The van der Waals surface area contributed by atoms with Gasteiger partial charge in [0, 0.05) is 43.0 Å². The van der Waals surface area contributed by atoms with Gasteiger partial charge in [-0.15, -0.1) is 11.3 Å². The van der Waals surface area contributed by atoms with Crippen LogP contribution in [0.25, 0.3) is 0 Å². The highest BCUT2D eigenvalue weighted by molar-refractivity contribution is 7.13. The fourth-order valence-corrected chi connectivity index (χ4v) is 5.04. The Labute approximate surface area is 234 Å². The lowest BCUT2D eigenvalue weighted by Crippen LogP contribution is -2.46. The minimum Gasteiger partial charge on any atom is -0.457 e. The number of hydrogen-bond acceptors (Lipinski definition) is 8. The molecule has 5 rings (SSSR count). The molecule has 40 heavy (non-hydrogen) atoms. The summed E-state index contributed by atoms with van der Waals surface area (Å²) in [7, 11) is 3.84. The number of hydrogen-bond donors (Lipinski definition) is 3. The summed E-state index contributed by atoms with van der Waals surface area (Å²) in [5.41, 5.74) is -1.31. The SMILES string of the molecule is CN1CCC(N(C)C(=O)Nc2cc(Oc3ccc(NC(=O)C4(C(=O)Nc5nccs5)CC4)c(F)c3)ccn2)CC1. The lowest BCUT2D eigenvalue weighted by Gasteiger charge is -2.34. The van der Waals surface area contributed by atoms with E-state index in [9.17, 15) is 18.8 Å². The van der Waals surface area contributed by atoms with Gasteiger partial charge in [-0.1, -0.05) is 0 Å². The van der Waals surface area contributed by atoms with E-state index in [-0.39, 0.29) is 23.5 Å². The first-order chi connectivity index (χ1) is 19.2. The van der Waals surface area contributed by atoms with E-state index < -0.39 is 23.0 Å². The molecule has 2 aromatic heterocycles. The third-order valence-electron chi connectivity index (χ3n) is 7.22. The third-order valence-corrected chi connectivity index (χ3v) is 7.91. The number of carbonyl (C=O) groups is 3. The van der Waals surface area contributed by atoms with Gasteiger partial charge in [0.1, 0.15) is 28.5 Å². The number of anilines is 3. The number of ether oxygens (including phenoxy) is 1. The Morgan fingerprint density at radius 1 is 1.02 bits per heavy atom. The number of amides is 4. The highest BCUT2D eigenvalue weighted by Gasteiger charge is 2.56. The molecule has 0 radical (unpaired) electrons. The van der Waals surface area contributed by atoms with Crippen LogP contribution in [0.2, 0.25) is 0 Å². The van der Waals surface area contributed by atoms with Crippen molar-refractivity contribution in [2.24, 2.45) is 5.41 Å². The summed E-state index contributed by atoms with van der Waals surface area (Å²) in [5, 5.41) is 10.1. The van der Waals surface area contributed by atoms with Crippen LogP contribution in [0.15, 0.2) is 48.1 Å². The molecule has 1 saturated carbocycles. The summed E-state index contributed by atoms with van der Waals surface area (Å²) in [6, 6.07) is 7.03. The minimum absolute atomic E-state index is 0.0645. The summed E-state index contributed by atoms with van der Waals surface area (Å²) < 4.78 is 20.7. The van der Waals surface area contributed by atoms with E-state index in [0.717, 1.165) is 32.0 Å². The van der Waals surface area contributed by atoms with Crippen molar-refractivity contribution in [2.75, 3.05) is 43.1 Å². The van der Waals surface area contributed by atoms with Gasteiger partial charge in [-0.2, -0.15) is 0 Å². The van der Waals surface area contributed by atoms with Crippen molar-refractivity contribution in [1.82, 2.24) is 19.8 Å². The van der Waals surface area contributed by atoms with E-state index in [1.165, 1.54) is 29.7 Å². The van der Waals surface area contributed by atoms with E-state index >= 15 is 0 Å². The number of pyridine rings is 1. The number of halogens is 1. The molecule has 4 amide bonds. The average Bonchev–Trinajstić information content (AvgIpc) is 3.60. The van der Waals surface area contributed by atoms with Gasteiger partial charge in [0.25, 0.3) is 0 Å². The van der Waals surface area contributed by atoms with Crippen LogP contribution in [0.4, 0.5) is 25.8 Å². The van der Waals surface area contributed by atoms with Crippen LogP contribution >= 0.6 is 11.3 Å². The predicted molar refractivity (Wildman–Crippen MR) is 149 cm³/mol. The number of piperidine rings is 1. The molecule has 210 valence electrons. The normalized spacial score (nSPS) is 16.6. The maximum absolute atomic E-state index is 14.9. The number of nitrogens with one attached hydrogen (secondary N) is 3. The molecule has 0 spiro atoms. The molecule has 13 heteroatoms. The number of likely N-dealkylation sites (tertiary alicyclic amines) is 1. The topological polar surface area (TPSA) is 129 Å². The van der Waals surface area contributed by atoms with Gasteiger partial charge in [0.15, 0.2) is 5.13 Å². The van der Waals surface area contributed by atoms with E-state index in [1.807, 2.05) is 0 Å². The molecule has 3 heterocycles. The zero-order chi connectivity index (χ0) is 28.3. The number of rotatable bonds is 8. The van der Waals surface area contributed by atoms with Crippen LogP contribution in [0.3, 0.4) is 0 Å². The first kappa shape index (κ1) is 27.5. The van der Waals surface area contributed by atoms with Crippen LogP contribution < -0.4 is 20.7 Å². The molecule has 0 bridgehead atoms. The third kappa shape index (κ3) is 6.20. The van der Waals surface area contributed by atoms with Crippen LogP contribution in [0.5, 0.6) is 11.5 Å². The average molecular weight is 568 g/mol. The Kier molecular flexibility index (Phi) is 7.94. The van der Waals surface area contributed by atoms with Gasteiger partial charge in [-0.25, -0.2) is 19.2 Å². The number of thiazole rings is 1. The van der Waals surface area contributed by atoms with Crippen molar-refractivity contribution in [3.63, 3.8) is 0 Å². The van der Waals surface area contributed by atoms with Crippen molar-refractivity contribution in [3.8, 4) is 11.5 Å². The van der Waals surface area contributed by atoms with Crippen LogP contribution in [0.1, 0.15) is 25.7 Å². The van der Waals surface area contributed by atoms with E-state index in [4.69, 9.17) is 4.74 Å². The zero-order valence-electron chi connectivity index (χ0n) is 22.1. The van der Waals surface area contributed by atoms with Gasteiger partial charge in [0.05, 0.1) is 5.69 Å². The molecular weight excluding hydrogens is 537 g/mol. The number of carbonyl (C=O) groups excluding carboxylic acids is 3. The lowest BCUT2D eigenvalue weighted by molar-refractivity contribution is -0.131. The maximum Gasteiger partial charge on any atom is 0.323 e. The molecule has 3 aromatic rings. The number of benzene rings is 1. The Hall–Kier alpha value is -4.10. The zero-order valence-corrected chi connectivity index (χ0v) is 23.0. The van der Waals surface area contributed by atoms with Crippen LogP contribution in [-0.2, 0) is 9.59 Å². The van der Waals surface area contributed by atoms with Crippen LogP contribution in [0, 0.1) is 11.2 Å². The first-order valence-corrected chi connectivity index (χ1v) is 13.8. The Balaban J connectivity index is 1.18. The van der Waals surface area contributed by atoms with Crippen molar-refractivity contribution in [3.05, 3.63) is 53.9 Å². The standard InChI is InChI=1S/C27H30FN7O4S/c1-34-12-6-17(7-13-34)35(2)26(38)32-22-16-19(5-10-29-22)39-18-3-4-21(20(28)15-18)31-23(36)27(8-9-27)24(37)33-25-30-11-14-40-25/h3-5,10-11,14-17H,6-9,12-13H2,1-2H3,(H,31,36)(H,29,32,38)(H,30,33,37). The molecule has 2 fully saturated rings. The monoisotopic (exact) mass is 567 g/mol. The Morgan fingerprint density at radius 3 is 2.42 bits per heavy atom. The fraction of sp³-hybridized carbons (Fsp3) is 0.370. The molecule has 3 N–H and O–H groups in total. The minimum atomic E-state index is -1.24. The Bertz CT molecular complexity index is 1390. The van der Waals surface area contributed by atoms with E-state index in [2.05, 4.69) is 37.9 Å². The molecule has 0 unspecified atom stereocenters. The summed E-state index contributed by atoms with van der Waals surface area (Å²) in [6.07, 6.45) is 5.58. The molecule has 0 atom stereocenters. The molecule has 1 aliphatic carbocycles. The summed E-state index contributed by atoms with van der Waals surface area (Å²) in [4.78, 5) is 50.3. The van der Waals surface area contributed by atoms with Gasteiger partial charge in [-0.05, 0) is 64.0 Å². The van der Waals surface area contributed by atoms with Gasteiger partial charge < -0.3 is 25.2 Å². The highest BCUT2D eigenvalue weighted by atomic mass is 32.1. The van der Waals surface area contributed by atoms with Gasteiger partial charge >= 0.3 is 6.03 Å². The Morgan fingerprint density at radius 2 is 1.75 bits per heavy atom. The number of nitrogens with zero attached hydrogens (tertiary/aromatic N) is 4. The molecular formula is C27H30FN7O4S. The van der Waals surface area contributed by atoms with Crippen molar-refractivity contribution >= 4 is 45.8 Å². The van der Waals surface area contributed by atoms with Crippen LogP contribution in [-0.4, -0.2) is 70.8 Å². The second-order valence-electron chi connectivity index (χ2n) is 10.0. The highest BCUT2D eigenvalue weighted by Crippen LogP contribution is 2.47. The van der Waals surface area contributed by atoms with Crippen molar-refractivity contribution in [2.45, 2.75) is 31.7 Å². The van der Waals surface area contributed by atoms with Gasteiger partial charge in [-0.3, -0.25) is 14.9 Å². The quantitative estimate of drug-likeness (QED) is 0.345. The maximum atomic E-state index is 14.9. The lowest BCUT2D eigenvalue weighted by atomic mass is 10.0. The molecule has 2 aliphatic rings. The summed E-state index contributed by atoms with van der Waals surface area (Å²) in [5.74, 6) is -0.918. The molecule has 1 saturated heterocycles. The number of aromatic nitrogens is 2. The van der Waals surface area contributed by atoms with Crippen molar-refractivity contribution in [1.29, 1.82) is 0 Å². The largest absolute Gasteiger partial charge is 0.457 e. The summed E-state index contributed by atoms with van der Waals surface area (Å²) >= 11 is 1.25. The summed E-state index contributed by atoms with van der Waals surface area (Å²) in [6.45, 7) is 1.87. The van der Waals surface area contributed by atoms with Crippen molar-refractivity contribution < 1.29 is 23.5 Å². The van der Waals surface area contributed by atoms with E-state index in [0.29, 0.717) is 29.5 Å². The van der Waals surface area contributed by atoms with Gasteiger partial charge in [0.2, 0.25) is 11.8 Å². The number of urea groups is 1. The predicted octanol–water partition coefficient (Wildman–Crippen LogP) is 4.38. The second-order valence-corrected chi connectivity index (χ2v) is 10.9. The molecule has 1 aromatic carbocycles. The van der Waals surface area contributed by atoms with E-state index in [1.54, 1.807) is 35.7 Å².